The van der Waals surface area contributed by atoms with Crippen LogP contribution < -0.4 is 5.32 Å². The van der Waals surface area contributed by atoms with Crippen molar-refractivity contribution in [3.05, 3.63) is 29.3 Å². The SMILES string of the molecule is CCOC(=O)CCC(=O)Nc1cc(C)cc(C)c1. The molecular formula is C14H19NO3. The number of hydrogen-bond donors (Lipinski definition) is 1. The smallest absolute Gasteiger partial charge is 0.306 e. The third-order valence-electron chi connectivity index (χ3n) is 2.37. The Hall–Kier alpha value is -1.84. The number of benzene rings is 1. The van der Waals surface area contributed by atoms with E-state index >= 15 is 0 Å². The average molecular weight is 249 g/mol. The lowest BCUT2D eigenvalue weighted by Crippen LogP contribution is -2.14. The number of carbonyl (C=O) groups is 2. The first-order chi connectivity index (χ1) is 8.51. The largest absolute Gasteiger partial charge is 0.466 e. The minimum absolute atomic E-state index is 0.116. The van der Waals surface area contributed by atoms with Gasteiger partial charge in [0.2, 0.25) is 5.91 Å². The molecule has 18 heavy (non-hydrogen) atoms. The van der Waals surface area contributed by atoms with Crippen LogP contribution in [0, 0.1) is 13.8 Å². The number of ether oxygens (including phenoxy) is 1. The molecule has 0 aromatic heterocycles. The van der Waals surface area contributed by atoms with Gasteiger partial charge in [0.25, 0.3) is 0 Å². The van der Waals surface area contributed by atoms with Crippen molar-refractivity contribution in [3.8, 4) is 0 Å². The van der Waals surface area contributed by atoms with Gasteiger partial charge in [-0.15, -0.1) is 0 Å². The maximum absolute atomic E-state index is 11.6. The maximum Gasteiger partial charge on any atom is 0.306 e. The highest BCUT2D eigenvalue weighted by Gasteiger charge is 2.08. The van der Waals surface area contributed by atoms with Gasteiger partial charge in [-0.1, -0.05) is 6.07 Å². The first-order valence-corrected chi connectivity index (χ1v) is 6.05. The zero-order chi connectivity index (χ0) is 13.5. The molecule has 0 spiro atoms. The lowest BCUT2D eigenvalue weighted by Gasteiger charge is -2.07. The number of carbonyl (C=O) groups excluding carboxylic acids is 2. The summed E-state index contributed by atoms with van der Waals surface area (Å²) in [7, 11) is 0. The van der Waals surface area contributed by atoms with Gasteiger partial charge in [-0.05, 0) is 44.0 Å². The number of nitrogens with one attached hydrogen (secondary N) is 1. The predicted molar refractivity (Wildman–Crippen MR) is 70.4 cm³/mol. The third kappa shape index (κ3) is 4.99. The van der Waals surface area contributed by atoms with Crippen LogP contribution in [0.5, 0.6) is 0 Å². The first-order valence-electron chi connectivity index (χ1n) is 6.05. The number of anilines is 1. The Balaban J connectivity index is 2.47. The molecular weight excluding hydrogens is 230 g/mol. The van der Waals surface area contributed by atoms with Crippen molar-refractivity contribution in [2.24, 2.45) is 0 Å². The van der Waals surface area contributed by atoms with E-state index in [1.54, 1.807) is 6.92 Å². The van der Waals surface area contributed by atoms with Crippen LogP contribution in [-0.2, 0) is 14.3 Å². The highest BCUT2D eigenvalue weighted by atomic mass is 16.5. The second kappa shape index (κ2) is 6.79. The van der Waals surface area contributed by atoms with E-state index in [4.69, 9.17) is 4.74 Å². The van der Waals surface area contributed by atoms with Crippen molar-refractivity contribution in [2.45, 2.75) is 33.6 Å². The maximum atomic E-state index is 11.6. The minimum Gasteiger partial charge on any atom is -0.466 e. The van der Waals surface area contributed by atoms with Crippen molar-refractivity contribution in [1.82, 2.24) is 0 Å². The molecule has 1 amide bonds. The summed E-state index contributed by atoms with van der Waals surface area (Å²) >= 11 is 0. The van der Waals surface area contributed by atoms with Crippen LogP contribution in [0.2, 0.25) is 0 Å². The molecule has 0 saturated carbocycles. The highest BCUT2D eigenvalue weighted by Crippen LogP contribution is 2.14. The minimum atomic E-state index is -0.340. The molecule has 1 N–H and O–H groups in total. The lowest BCUT2D eigenvalue weighted by atomic mass is 10.1. The van der Waals surface area contributed by atoms with E-state index in [0.29, 0.717) is 6.61 Å². The summed E-state index contributed by atoms with van der Waals surface area (Å²) in [4.78, 5) is 22.7. The Morgan fingerprint density at radius 1 is 1.11 bits per heavy atom. The van der Waals surface area contributed by atoms with Gasteiger partial charge in [0.1, 0.15) is 0 Å². The van der Waals surface area contributed by atoms with Crippen LogP contribution in [-0.4, -0.2) is 18.5 Å². The van der Waals surface area contributed by atoms with Crippen molar-refractivity contribution in [2.75, 3.05) is 11.9 Å². The molecule has 0 radical (unpaired) electrons. The van der Waals surface area contributed by atoms with Crippen LogP contribution in [0.4, 0.5) is 5.69 Å². The summed E-state index contributed by atoms with van der Waals surface area (Å²) in [5, 5.41) is 2.77. The Bertz CT molecular complexity index is 420. The molecule has 0 aliphatic rings. The normalized spacial score (nSPS) is 9.94. The summed E-state index contributed by atoms with van der Waals surface area (Å²) in [6.45, 7) is 6.04. The molecule has 4 heteroatoms. The van der Waals surface area contributed by atoms with Gasteiger partial charge in [-0.25, -0.2) is 0 Å². The highest BCUT2D eigenvalue weighted by molar-refractivity contribution is 5.92. The quantitative estimate of drug-likeness (QED) is 0.816. The molecule has 1 aromatic rings. The molecule has 0 bridgehead atoms. The van der Waals surface area contributed by atoms with Gasteiger partial charge in [0.15, 0.2) is 0 Å². The second-order valence-electron chi connectivity index (χ2n) is 4.23. The molecule has 0 aliphatic heterocycles. The van der Waals surface area contributed by atoms with Crippen molar-refractivity contribution in [3.63, 3.8) is 0 Å². The van der Waals surface area contributed by atoms with Crippen LogP contribution in [0.1, 0.15) is 30.9 Å². The van der Waals surface area contributed by atoms with Gasteiger partial charge in [0.05, 0.1) is 13.0 Å². The fraction of sp³-hybridized carbons (Fsp3) is 0.429. The van der Waals surface area contributed by atoms with E-state index in [-0.39, 0.29) is 24.7 Å². The van der Waals surface area contributed by atoms with E-state index in [9.17, 15) is 9.59 Å². The van der Waals surface area contributed by atoms with Crippen molar-refractivity contribution in [1.29, 1.82) is 0 Å². The van der Waals surface area contributed by atoms with Crippen molar-refractivity contribution < 1.29 is 14.3 Å². The van der Waals surface area contributed by atoms with E-state index in [0.717, 1.165) is 16.8 Å². The molecule has 1 aromatic carbocycles. The van der Waals surface area contributed by atoms with Gasteiger partial charge in [-0.3, -0.25) is 9.59 Å². The summed E-state index contributed by atoms with van der Waals surface area (Å²) in [6, 6.07) is 5.83. The van der Waals surface area contributed by atoms with Crippen molar-refractivity contribution >= 4 is 17.6 Å². The molecule has 0 unspecified atom stereocenters. The number of esters is 1. The molecule has 4 nitrogen and oxygen atoms in total. The number of aryl methyl sites for hydroxylation is 2. The van der Waals surface area contributed by atoms with E-state index < -0.39 is 0 Å². The molecule has 0 saturated heterocycles. The summed E-state index contributed by atoms with van der Waals surface area (Å²) in [5.41, 5.74) is 2.95. The molecule has 0 aliphatic carbocycles. The molecule has 98 valence electrons. The van der Waals surface area contributed by atoms with E-state index in [1.165, 1.54) is 0 Å². The fourth-order valence-corrected chi connectivity index (χ4v) is 1.72. The second-order valence-corrected chi connectivity index (χ2v) is 4.23. The number of amides is 1. The zero-order valence-electron chi connectivity index (χ0n) is 11.1. The summed E-state index contributed by atoms with van der Waals surface area (Å²) in [6.07, 6.45) is 0.260. The monoisotopic (exact) mass is 249 g/mol. The van der Waals surface area contributed by atoms with Gasteiger partial charge < -0.3 is 10.1 Å². The lowest BCUT2D eigenvalue weighted by molar-refractivity contribution is -0.144. The first kappa shape index (κ1) is 14.2. The van der Waals surface area contributed by atoms with Crippen LogP contribution >= 0.6 is 0 Å². The predicted octanol–water partition coefficient (Wildman–Crippen LogP) is 2.59. The Morgan fingerprint density at radius 2 is 1.72 bits per heavy atom. The number of hydrogen-bond acceptors (Lipinski definition) is 3. The standard InChI is InChI=1S/C14H19NO3/c1-4-18-14(17)6-5-13(16)15-12-8-10(2)7-11(3)9-12/h7-9H,4-6H2,1-3H3,(H,15,16). The van der Waals surface area contributed by atoms with Crippen LogP contribution in [0.25, 0.3) is 0 Å². The molecule has 0 heterocycles. The third-order valence-corrected chi connectivity index (χ3v) is 2.37. The summed E-state index contributed by atoms with van der Waals surface area (Å²) in [5.74, 6) is -0.513. The van der Waals surface area contributed by atoms with Crippen LogP contribution in [0.3, 0.4) is 0 Å². The Kier molecular flexibility index (Phi) is 5.36. The topological polar surface area (TPSA) is 55.4 Å². The molecule has 0 fully saturated rings. The fourth-order valence-electron chi connectivity index (χ4n) is 1.72. The number of rotatable bonds is 5. The molecule has 0 atom stereocenters. The molecule has 1 rings (SSSR count). The van der Waals surface area contributed by atoms with Crippen LogP contribution in [0.15, 0.2) is 18.2 Å². The summed E-state index contributed by atoms with van der Waals surface area (Å²) < 4.78 is 4.76. The average Bonchev–Trinajstić information content (AvgIpc) is 2.25. The van der Waals surface area contributed by atoms with Gasteiger partial charge in [0, 0.05) is 12.1 Å². The Labute approximate surface area is 107 Å². The van der Waals surface area contributed by atoms with Gasteiger partial charge in [-0.2, -0.15) is 0 Å². The zero-order valence-corrected chi connectivity index (χ0v) is 11.1. The van der Waals surface area contributed by atoms with E-state index in [2.05, 4.69) is 5.32 Å². The Morgan fingerprint density at radius 3 is 2.28 bits per heavy atom. The van der Waals surface area contributed by atoms with Gasteiger partial charge >= 0.3 is 5.97 Å². The van der Waals surface area contributed by atoms with E-state index in [1.807, 2.05) is 32.0 Å².